The van der Waals surface area contributed by atoms with Crippen LogP contribution in [0, 0.1) is 0 Å². The molecule has 2 N–H and O–H groups in total. The van der Waals surface area contributed by atoms with E-state index in [0.717, 1.165) is 11.1 Å². The summed E-state index contributed by atoms with van der Waals surface area (Å²) in [5.74, 6) is -0.416. The Labute approximate surface area is 163 Å². The Morgan fingerprint density at radius 2 is 1.78 bits per heavy atom. The van der Waals surface area contributed by atoms with Crippen molar-refractivity contribution in [1.82, 2.24) is 5.32 Å². The number of halogens is 1. The molecule has 2 aromatic rings. The maximum absolute atomic E-state index is 12.1. The van der Waals surface area contributed by atoms with E-state index in [1.54, 1.807) is 32.0 Å². The Morgan fingerprint density at radius 1 is 1.11 bits per heavy atom. The Balaban J connectivity index is 1.88. The standard InChI is InChI=1S/C20H22ClN3O3/c1-13(16-8-10-18(11-9-16)23-15(3)25)24-27-14(2)20(26)22-12-17-6-4-5-7-19(17)21/h4-11,14H,12H2,1-3H3,(H,22,26)(H,23,25)/b24-13+. The summed E-state index contributed by atoms with van der Waals surface area (Å²) < 4.78 is 0. The molecule has 0 aromatic heterocycles. The molecule has 2 aromatic carbocycles. The Bertz CT molecular complexity index is 835. The van der Waals surface area contributed by atoms with Crippen molar-refractivity contribution < 1.29 is 14.4 Å². The van der Waals surface area contributed by atoms with Crippen LogP contribution in [0.5, 0.6) is 0 Å². The zero-order valence-corrected chi connectivity index (χ0v) is 16.2. The van der Waals surface area contributed by atoms with Gasteiger partial charge in [-0.2, -0.15) is 0 Å². The molecule has 0 spiro atoms. The fourth-order valence-electron chi connectivity index (χ4n) is 2.22. The third-order valence-electron chi connectivity index (χ3n) is 3.75. The molecule has 0 aliphatic heterocycles. The van der Waals surface area contributed by atoms with Crippen molar-refractivity contribution in [3.05, 3.63) is 64.7 Å². The number of carbonyl (C=O) groups is 2. The zero-order chi connectivity index (χ0) is 19.8. The highest BCUT2D eigenvalue weighted by molar-refractivity contribution is 6.31. The minimum Gasteiger partial charge on any atom is -0.382 e. The first-order valence-electron chi connectivity index (χ1n) is 8.46. The van der Waals surface area contributed by atoms with Crippen molar-refractivity contribution in [3.63, 3.8) is 0 Å². The lowest BCUT2D eigenvalue weighted by molar-refractivity contribution is -0.131. The molecule has 0 aliphatic rings. The van der Waals surface area contributed by atoms with Crippen molar-refractivity contribution in [1.29, 1.82) is 0 Å². The van der Waals surface area contributed by atoms with Crippen molar-refractivity contribution in [2.45, 2.75) is 33.4 Å². The van der Waals surface area contributed by atoms with Gasteiger partial charge in [-0.15, -0.1) is 0 Å². The SMILES string of the molecule is CC(=O)Nc1ccc(/C(C)=N/OC(C)C(=O)NCc2ccccc2Cl)cc1. The first-order valence-corrected chi connectivity index (χ1v) is 8.84. The van der Waals surface area contributed by atoms with Crippen LogP contribution in [0.1, 0.15) is 31.9 Å². The van der Waals surface area contributed by atoms with Crippen LogP contribution < -0.4 is 10.6 Å². The Morgan fingerprint density at radius 3 is 2.41 bits per heavy atom. The number of carbonyl (C=O) groups excluding carboxylic acids is 2. The number of hydrogen-bond donors (Lipinski definition) is 2. The molecular weight excluding hydrogens is 366 g/mol. The van der Waals surface area contributed by atoms with Gasteiger partial charge in [0.2, 0.25) is 12.0 Å². The average molecular weight is 388 g/mol. The Kier molecular flexibility index (Phi) is 7.37. The van der Waals surface area contributed by atoms with E-state index < -0.39 is 6.10 Å². The van der Waals surface area contributed by atoms with Crippen LogP contribution in [-0.4, -0.2) is 23.6 Å². The van der Waals surface area contributed by atoms with E-state index in [1.165, 1.54) is 6.92 Å². The summed E-state index contributed by atoms with van der Waals surface area (Å²) in [5.41, 5.74) is 2.98. The summed E-state index contributed by atoms with van der Waals surface area (Å²) in [7, 11) is 0. The smallest absolute Gasteiger partial charge is 0.263 e. The monoisotopic (exact) mass is 387 g/mol. The van der Waals surface area contributed by atoms with E-state index in [1.807, 2.05) is 30.3 Å². The highest BCUT2D eigenvalue weighted by atomic mass is 35.5. The zero-order valence-electron chi connectivity index (χ0n) is 15.5. The summed E-state index contributed by atoms with van der Waals surface area (Å²) in [6.45, 7) is 5.17. The molecule has 0 heterocycles. The highest BCUT2D eigenvalue weighted by Crippen LogP contribution is 2.14. The van der Waals surface area contributed by atoms with Gasteiger partial charge in [0.05, 0.1) is 5.71 Å². The number of amides is 2. The van der Waals surface area contributed by atoms with Crippen LogP contribution in [0.25, 0.3) is 0 Å². The summed E-state index contributed by atoms with van der Waals surface area (Å²) in [6, 6.07) is 14.5. The van der Waals surface area contributed by atoms with Gasteiger partial charge in [-0.1, -0.05) is 47.1 Å². The number of rotatable bonds is 7. The molecule has 0 bridgehead atoms. The molecule has 7 heteroatoms. The highest BCUT2D eigenvalue weighted by Gasteiger charge is 2.14. The lowest BCUT2D eigenvalue weighted by Gasteiger charge is -2.12. The van der Waals surface area contributed by atoms with Crippen molar-refractivity contribution in [2.75, 3.05) is 5.32 Å². The van der Waals surface area contributed by atoms with Gasteiger partial charge in [0.25, 0.3) is 5.91 Å². The van der Waals surface area contributed by atoms with Crippen molar-refractivity contribution >= 4 is 34.8 Å². The van der Waals surface area contributed by atoms with Crippen LogP contribution in [0.4, 0.5) is 5.69 Å². The molecule has 2 amide bonds. The number of nitrogens with zero attached hydrogens (tertiary/aromatic N) is 1. The summed E-state index contributed by atoms with van der Waals surface area (Å²) in [4.78, 5) is 28.5. The molecular formula is C20H22ClN3O3. The first kappa shape index (κ1) is 20.5. The first-order chi connectivity index (χ1) is 12.9. The molecule has 1 atom stereocenters. The quantitative estimate of drug-likeness (QED) is 0.561. The van der Waals surface area contributed by atoms with E-state index in [4.69, 9.17) is 16.4 Å². The van der Waals surface area contributed by atoms with E-state index in [-0.39, 0.29) is 11.8 Å². The molecule has 0 saturated heterocycles. The Hall–Kier alpha value is -2.86. The molecule has 1 unspecified atom stereocenters. The topological polar surface area (TPSA) is 79.8 Å². The fraction of sp³-hybridized carbons (Fsp3) is 0.250. The lowest BCUT2D eigenvalue weighted by atomic mass is 10.1. The number of nitrogens with one attached hydrogen (secondary N) is 2. The maximum atomic E-state index is 12.1. The van der Waals surface area contributed by atoms with Gasteiger partial charge >= 0.3 is 0 Å². The maximum Gasteiger partial charge on any atom is 0.263 e. The third kappa shape index (κ3) is 6.42. The molecule has 0 aliphatic carbocycles. The third-order valence-corrected chi connectivity index (χ3v) is 4.12. The van der Waals surface area contributed by atoms with Crippen molar-refractivity contribution in [3.8, 4) is 0 Å². The van der Waals surface area contributed by atoms with Gasteiger partial charge in [0.1, 0.15) is 0 Å². The van der Waals surface area contributed by atoms with E-state index >= 15 is 0 Å². The van der Waals surface area contributed by atoms with Gasteiger partial charge in [0.15, 0.2) is 0 Å². The van der Waals surface area contributed by atoms with Gasteiger partial charge in [0, 0.05) is 24.2 Å². The van der Waals surface area contributed by atoms with Gasteiger partial charge in [-0.05, 0) is 43.2 Å². The van der Waals surface area contributed by atoms with Gasteiger partial charge < -0.3 is 15.5 Å². The van der Waals surface area contributed by atoms with Crippen LogP contribution in [0.2, 0.25) is 5.02 Å². The van der Waals surface area contributed by atoms with E-state index in [9.17, 15) is 9.59 Å². The van der Waals surface area contributed by atoms with Gasteiger partial charge in [-0.3, -0.25) is 9.59 Å². The largest absolute Gasteiger partial charge is 0.382 e. The van der Waals surface area contributed by atoms with Crippen LogP contribution in [0.3, 0.4) is 0 Å². The second kappa shape index (κ2) is 9.73. The fourth-order valence-corrected chi connectivity index (χ4v) is 2.43. The van der Waals surface area contributed by atoms with E-state index in [2.05, 4.69) is 15.8 Å². The second-order valence-corrected chi connectivity index (χ2v) is 6.40. The number of oxime groups is 1. The lowest BCUT2D eigenvalue weighted by Crippen LogP contribution is -2.33. The number of anilines is 1. The second-order valence-electron chi connectivity index (χ2n) is 5.99. The van der Waals surface area contributed by atoms with Crippen molar-refractivity contribution in [2.24, 2.45) is 5.16 Å². The molecule has 2 rings (SSSR count). The molecule has 142 valence electrons. The minimum atomic E-state index is -0.749. The van der Waals surface area contributed by atoms with E-state index in [0.29, 0.717) is 23.0 Å². The number of hydrogen-bond acceptors (Lipinski definition) is 4. The summed E-state index contributed by atoms with van der Waals surface area (Å²) in [6.07, 6.45) is -0.749. The predicted molar refractivity (Wildman–Crippen MR) is 107 cm³/mol. The number of benzene rings is 2. The van der Waals surface area contributed by atoms with Gasteiger partial charge in [-0.25, -0.2) is 0 Å². The molecule has 0 fully saturated rings. The molecule has 0 saturated carbocycles. The van der Waals surface area contributed by atoms with Crippen LogP contribution in [0.15, 0.2) is 53.7 Å². The normalized spacial score (nSPS) is 12.2. The molecule has 6 nitrogen and oxygen atoms in total. The minimum absolute atomic E-state index is 0.131. The average Bonchev–Trinajstić information content (AvgIpc) is 2.65. The molecule has 27 heavy (non-hydrogen) atoms. The van der Waals surface area contributed by atoms with Crippen LogP contribution >= 0.6 is 11.6 Å². The molecule has 0 radical (unpaired) electrons. The summed E-state index contributed by atoms with van der Waals surface area (Å²) in [5, 5.41) is 10.1. The van der Waals surface area contributed by atoms with Crippen LogP contribution in [-0.2, 0) is 21.0 Å². The summed E-state index contributed by atoms with van der Waals surface area (Å²) >= 11 is 6.07. The predicted octanol–water partition coefficient (Wildman–Crippen LogP) is 3.74.